The molecule has 0 unspecified atom stereocenters. The fourth-order valence-corrected chi connectivity index (χ4v) is 2.29. The molecule has 4 heteroatoms. The Balaban J connectivity index is 2.21. The van der Waals surface area contributed by atoms with E-state index in [4.69, 9.17) is 9.47 Å². The Morgan fingerprint density at radius 1 is 1.17 bits per heavy atom. The summed E-state index contributed by atoms with van der Waals surface area (Å²) in [6.45, 7) is 8.85. The summed E-state index contributed by atoms with van der Waals surface area (Å²) in [4.78, 5) is 12.5. The minimum atomic E-state index is -0.141. The summed E-state index contributed by atoms with van der Waals surface area (Å²) in [5.41, 5.74) is 3.31. The lowest BCUT2D eigenvalue weighted by molar-refractivity contribution is 0.0641. The number of anilines is 1. The third-order valence-electron chi connectivity index (χ3n) is 3.59. The summed E-state index contributed by atoms with van der Waals surface area (Å²) in [6.07, 6.45) is 0.115. The van der Waals surface area contributed by atoms with Gasteiger partial charge in [0.25, 0.3) is 5.91 Å². The molecule has 4 nitrogen and oxygen atoms in total. The quantitative estimate of drug-likeness (QED) is 0.810. The fraction of sp³-hybridized carbons (Fsp3) is 0.350. The summed E-state index contributed by atoms with van der Waals surface area (Å²) >= 11 is 0. The highest BCUT2D eigenvalue weighted by molar-refractivity contribution is 6.04. The standard InChI is InChI=1S/C20H25NO3/c1-5-23-19-11-10-16(12-17(19)13-24-14(2)3)20(22)21-18-9-7-6-8-15(18)4/h6-12,14H,5,13H2,1-4H3,(H,21,22). The largest absolute Gasteiger partial charge is 0.494 e. The van der Waals surface area contributed by atoms with Gasteiger partial charge in [0, 0.05) is 16.8 Å². The summed E-state index contributed by atoms with van der Waals surface area (Å²) in [7, 11) is 0. The number of nitrogens with one attached hydrogen (secondary N) is 1. The van der Waals surface area contributed by atoms with Crippen molar-refractivity contribution in [1.29, 1.82) is 0 Å². The SMILES string of the molecule is CCOc1ccc(C(=O)Nc2ccccc2C)cc1COC(C)C. The molecule has 0 aliphatic rings. The molecule has 1 N–H and O–H groups in total. The number of hydrogen-bond acceptors (Lipinski definition) is 3. The molecule has 0 heterocycles. The second-order valence-corrected chi connectivity index (χ2v) is 5.88. The van der Waals surface area contributed by atoms with Crippen LogP contribution in [0.5, 0.6) is 5.75 Å². The molecule has 0 spiro atoms. The van der Waals surface area contributed by atoms with E-state index in [1.807, 2.05) is 64.1 Å². The molecule has 1 amide bonds. The van der Waals surface area contributed by atoms with Crippen molar-refractivity contribution in [2.24, 2.45) is 0 Å². The molecule has 0 aliphatic carbocycles. The molecule has 2 rings (SSSR count). The maximum Gasteiger partial charge on any atom is 0.255 e. The first kappa shape index (κ1) is 18.0. The van der Waals surface area contributed by atoms with Gasteiger partial charge in [-0.15, -0.1) is 0 Å². The zero-order valence-electron chi connectivity index (χ0n) is 14.8. The van der Waals surface area contributed by atoms with Gasteiger partial charge in [0.05, 0.1) is 19.3 Å². The third kappa shape index (κ3) is 4.83. The van der Waals surface area contributed by atoms with Crippen molar-refractivity contribution in [1.82, 2.24) is 0 Å². The van der Waals surface area contributed by atoms with E-state index in [0.717, 1.165) is 22.6 Å². The maximum absolute atomic E-state index is 12.5. The highest BCUT2D eigenvalue weighted by Crippen LogP contribution is 2.23. The van der Waals surface area contributed by atoms with E-state index in [2.05, 4.69) is 5.32 Å². The van der Waals surface area contributed by atoms with Gasteiger partial charge >= 0.3 is 0 Å². The molecule has 2 aromatic carbocycles. The van der Waals surface area contributed by atoms with E-state index < -0.39 is 0 Å². The Labute approximate surface area is 143 Å². The van der Waals surface area contributed by atoms with E-state index >= 15 is 0 Å². The minimum absolute atomic E-state index is 0.115. The molecule has 2 aromatic rings. The van der Waals surface area contributed by atoms with E-state index in [0.29, 0.717) is 18.8 Å². The van der Waals surface area contributed by atoms with E-state index in [9.17, 15) is 4.79 Å². The van der Waals surface area contributed by atoms with Gasteiger partial charge in [-0.05, 0) is 57.5 Å². The first-order valence-electron chi connectivity index (χ1n) is 8.25. The zero-order chi connectivity index (χ0) is 17.5. The highest BCUT2D eigenvalue weighted by atomic mass is 16.5. The van der Waals surface area contributed by atoms with Gasteiger partial charge in [-0.2, -0.15) is 0 Å². The second-order valence-electron chi connectivity index (χ2n) is 5.88. The van der Waals surface area contributed by atoms with E-state index in [1.54, 1.807) is 6.07 Å². The maximum atomic E-state index is 12.5. The van der Waals surface area contributed by atoms with Crippen LogP contribution < -0.4 is 10.1 Å². The van der Waals surface area contributed by atoms with Crippen LogP contribution in [0.1, 0.15) is 42.3 Å². The van der Waals surface area contributed by atoms with Gasteiger partial charge in [-0.1, -0.05) is 18.2 Å². The molecule has 0 aliphatic heterocycles. The van der Waals surface area contributed by atoms with Crippen LogP contribution in [0.2, 0.25) is 0 Å². The molecule has 24 heavy (non-hydrogen) atoms. The van der Waals surface area contributed by atoms with Crippen molar-refractivity contribution in [3.63, 3.8) is 0 Å². The number of para-hydroxylation sites is 1. The fourth-order valence-electron chi connectivity index (χ4n) is 2.29. The van der Waals surface area contributed by atoms with Crippen LogP contribution in [0.15, 0.2) is 42.5 Å². The molecule has 0 radical (unpaired) electrons. The zero-order valence-corrected chi connectivity index (χ0v) is 14.8. The molecule has 0 atom stereocenters. The summed E-state index contributed by atoms with van der Waals surface area (Å²) in [6, 6.07) is 13.2. The van der Waals surface area contributed by atoms with Crippen LogP contribution in [0, 0.1) is 6.92 Å². The average Bonchev–Trinajstić information content (AvgIpc) is 2.56. The van der Waals surface area contributed by atoms with Gasteiger partial charge in [-0.3, -0.25) is 4.79 Å². The van der Waals surface area contributed by atoms with Crippen molar-refractivity contribution in [3.8, 4) is 5.75 Å². The van der Waals surface area contributed by atoms with Crippen LogP contribution in [0.25, 0.3) is 0 Å². The molecular weight excluding hydrogens is 302 g/mol. The first-order chi connectivity index (χ1) is 11.5. The summed E-state index contributed by atoms with van der Waals surface area (Å²) in [5, 5.41) is 2.95. The lowest BCUT2D eigenvalue weighted by Crippen LogP contribution is -2.14. The monoisotopic (exact) mass is 327 g/mol. The normalized spacial score (nSPS) is 10.7. The first-order valence-corrected chi connectivity index (χ1v) is 8.25. The highest BCUT2D eigenvalue weighted by Gasteiger charge is 2.12. The molecule has 0 aromatic heterocycles. The van der Waals surface area contributed by atoms with E-state index in [1.165, 1.54) is 0 Å². The van der Waals surface area contributed by atoms with Crippen molar-refractivity contribution < 1.29 is 14.3 Å². The van der Waals surface area contributed by atoms with Gasteiger partial charge in [0.1, 0.15) is 5.75 Å². The van der Waals surface area contributed by atoms with Gasteiger partial charge in [-0.25, -0.2) is 0 Å². The molecule has 0 saturated carbocycles. The number of aryl methyl sites for hydroxylation is 1. The lowest BCUT2D eigenvalue weighted by Gasteiger charge is -2.14. The predicted molar refractivity (Wildman–Crippen MR) is 96.7 cm³/mol. The smallest absolute Gasteiger partial charge is 0.255 e. The average molecular weight is 327 g/mol. The number of benzene rings is 2. The van der Waals surface area contributed by atoms with Gasteiger partial charge in [0.2, 0.25) is 0 Å². The lowest BCUT2D eigenvalue weighted by atomic mass is 10.1. The predicted octanol–water partition coefficient (Wildman–Crippen LogP) is 4.57. The van der Waals surface area contributed by atoms with Crippen molar-refractivity contribution in [3.05, 3.63) is 59.2 Å². The Kier molecular flexibility index (Phi) is 6.38. The number of carbonyl (C=O) groups excluding carboxylic acids is 1. The second kappa shape index (κ2) is 8.50. The van der Waals surface area contributed by atoms with Crippen LogP contribution in [-0.4, -0.2) is 18.6 Å². The van der Waals surface area contributed by atoms with Gasteiger partial charge in [0.15, 0.2) is 0 Å². The Bertz CT molecular complexity index is 695. The van der Waals surface area contributed by atoms with Crippen molar-refractivity contribution in [2.75, 3.05) is 11.9 Å². The third-order valence-corrected chi connectivity index (χ3v) is 3.59. The van der Waals surface area contributed by atoms with Crippen molar-refractivity contribution in [2.45, 2.75) is 40.4 Å². The Hall–Kier alpha value is -2.33. The summed E-state index contributed by atoms with van der Waals surface area (Å²) in [5.74, 6) is 0.615. The molecular formula is C20H25NO3. The summed E-state index contributed by atoms with van der Waals surface area (Å²) < 4.78 is 11.3. The van der Waals surface area contributed by atoms with Gasteiger partial charge < -0.3 is 14.8 Å². The molecule has 128 valence electrons. The van der Waals surface area contributed by atoms with Crippen LogP contribution in [-0.2, 0) is 11.3 Å². The number of carbonyl (C=O) groups is 1. The van der Waals surface area contributed by atoms with Crippen LogP contribution >= 0.6 is 0 Å². The number of ether oxygens (including phenoxy) is 2. The molecule has 0 saturated heterocycles. The topological polar surface area (TPSA) is 47.6 Å². The Morgan fingerprint density at radius 3 is 2.58 bits per heavy atom. The van der Waals surface area contributed by atoms with Crippen molar-refractivity contribution >= 4 is 11.6 Å². The van der Waals surface area contributed by atoms with E-state index in [-0.39, 0.29) is 12.0 Å². The number of amides is 1. The van der Waals surface area contributed by atoms with Crippen LogP contribution in [0.3, 0.4) is 0 Å². The van der Waals surface area contributed by atoms with Crippen LogP contribution in [0.4, 0.5) is 5.69 Å². The molecule has 0 bridgehead atoms. The number of hydrogen-bond donors (Lipinski definition) is 1. The molecule has 0 fully saturated rings. The Morgan fingerprint density at radius 2 is 1.92 bits per heavy atom. The number of rotatable bonds is 7. The minimum Gasteiger partial charge on any atom is -0.494 e.